The Morgan fingerprint density at radius 3 is 2.62 bits per heavy atom. The summed E-state index contributed by atoms with van der Waals surface area (Å²) in [6.45, 7) is 3.83. The summed E-state index contributed by atoms with van der Waals surface area (Å²) in [5, 5.41) is 0. The highest BCUT2D eigenvalue weighted by Crippen LogP contribution is 2.67. The Hall–Kier alpha value is -1.25. The summed E-state index contributed by atoms with van der Waals surface area (Å²) in [5.74, 6) is 2.73. The molecule has 0 spiro atoms. The molecule has 24 heavy (non-hydrogen) atoms. The van der Waals surface area contributed by atoms with Crippen LogP contribution in [-0.4, -0.2) is 17.9 Å². The van der Waals surface area contributed by atoms with E-state index in [1.54, 1.807) is 6.92 Å². The van der Waals surface area contributed by atoms with Gasteiger partial charge in [0.2, 0.25) is 0 Å². The van der Waals surface area contributed by atoms with Crippen molar-refractivity contribution in [2.24, 2.45) is 34.5 Å². The number of carbonyl (C=O) groups excluding carboxylic acids is 3. The largest absolute Gasteiger partial charge is 0.302 e. The summed E-state index contributed by atoms with van der Waals surface area (Å²) in [4.78, 5) is 36.2. The van der Waals surface area contributed by atoms with Crippen molar-refractivity contribution in [2.75, 3.05) is 0 Å². The maximum Gasteiger partial charge on any atom is 0.155 e. The molecule has 0 aromatic heterocycles. The van der Waals surface area contributed by atoms with E-state index in [0.717, 1.165) is 51.2 Å². The molecule has 0 saturated heterocycles. The van der Waals surface area contributed by atoms with Crippen LogP contribution in [0.5, 0.6) is 0 Å². The van der Waals surface area contributed by atoms with Gasteiger partial charge in [0, 0.05) is 6.42 Å². The van der Waals surface area contributed by atoms with E-state index < -0.39 is 5.41 Å². The van der Waals surface area contributed by atoms with E-state index in [1.807, 2.05) is 6.08 Å². The first kappa shape index (κ1) is 16.2. The fourth-order valence-electron chi connectivity index (χ4n) is 7.11. The second kappa shape index (κ2) is 5.37. The molecule has 3 nitrogen and oxygen atoms in total. The van der Waals surface area contributed by atoms with Crippen molar-refractivity contribution in [3.05, 3.63) is 11.6 Å². The molecule has 3 heteroatoms. The second-order valence-corrected chi connectivity index (χ2v) is 8.94. The van der Waals surface area contributed by atoms with Crippen LogP contribution < -0.4 is 0 Å². The number of Topliss-reactive ketones (excluding diaryl/α,β-unsaturated/α-hetero) is 1. The van der Waals surface area contributed by atoms with Crippen LogP contribution in [0.15, 0.2) is 11.6 Å². The van der Waals surface area contributed by atoms with Gasteiger partial charge >= 0.3 is 0 Å². The minimum Gasteiger partial charge on any atom is -0.302 e. The first-order chi connectivity index (χ1) is 11.4. The minimum absolute atomic E-state index is 0.0700. The fourth-order valence-corrected chi connectivity index (χ4v) is 7.11. The number of hydrogen-bond donors (Lipinski definition) is 0. The van der Waals surface area contributed by atoms with Gasteiger partial charge < -0.3 is 4.79 Å². The summed E-state index contributed by atoms with van der Waals surface area (Å²) < 4.78 is 0. The molecule has 3 saturated carbocycles. The minimum atomic E-state index is -0.749. The lowest BCUT2D eigenvalue weighted by molar-refractivity contribution is -0.146. The van der Waals surface area contributed by atoms with Gasteiger partial charge in [-0.15, -0.1) is 0 Å². The van der Waals surface area contributed by atoms with Crippen LogP contribution in [0, 0.1) is 34.5 Å². The summed E-state index contributed by atoms with van der Waals surface area (Å²) in [6, 6.07) is 0. The van der Waals surface area contributed by atoms with Gasteiger partial charge in [0.1, 0.15) is 12.1 Å². The highest BCUT2D eigenvalue weighted by Gasteiger charge is 2.64. The number of aldehydes is 1. The van der Waals surface area contributed by atoms with Gasteiger partial charge in [-0.2, -0.15) is 0 Å². The molecule has 0 aliphatic heterocycles. The summed E-state index contributed by atoms with van der Waals surface area (Å²) in [6.07, 6.45) is 10.6. The number of allylic oxidation sites excluding steroid dienone is 1. The fraction of sp³-hybridized carbons (Fsp3) is 0.762. The zero-order chi connectivity index (χ0) is 17.1. The Balaban J connectivity index is 1.67. The lowest BCUT2D eigenvalue weighted by atomic mass is 9.48. The Kier molecular flexibility index (Phi) is 3.63. The molecule has 0 radical (unpaired) electrons. The predicted molar refractivity (Wildman–Crippen MR) is 91.3 cm³/mol. The molecule has 4 aliphatic carbocycles. The first-order valence-corrected chi connectivity index (χ1v) is 9.63. The van der Waals surface area contributed by atoms with Gasteiger partial charge in [-0.25, -0.2) is 0 Å². The summed E-state index contributed by atoms with van der Waals surface area (Å²) >= 11 is 0. The number of fused-ring (bicyclic) bond motifs is 5. The van der Waals surface area contributed by atoms with Crippen molar-refractivity contribution >= 4 is 17.9 Å². The van der Waals surface area contributed by atoms with Crippen LogP contribution in [0.25, 0.3) is 0 Å². The Morgan fingerprint density at radius 2 is 1.92 bits per heavy atom. The quantitative estimate of drug-likeness (QED) is 0.570. The SMILES string of the molecule is CC(=O)[C@@]1(C=O)CC[C@H]2[C@@H]3CCC4=CC(=O)CC[C@@H]4[C@H]3CC[C@@]21C. The van der Waals surface area contributed by atoms with Crippen LogP contribution in [0.4, 0.5) is 0 Å². The molecular formula is C21H28O3. The zero-order valence-corrected chi connectivity index (χ0v) is 14.8. The lowest BCUT2D eigenvalue weighted by Crippen LogP contribution is -2.52. The predicted octanol–water partition coefficient (Wildman–Crippen LogP) is 3.90. The smallest absolute Gasteiger partial charge is 0.155 e. The third-order valence-electron chi connectivity index (χ3n) is 8.39. The van der Waals surface area contributed by atoms with Crippen molar-refractivity contribution in [3.63, 3.8) is 0 Å². The molecule has 0 heterocycles. The van der Waals surface area contributed by atoms with Crippen LogP contribution in [0.2, 0.25) is 0 Å². The second-order valence-electron chi connectivity index (χ2n) is 8.94. The molecule has 3 fully saturated rings. The highest BCUT2D eigenvalue weighted by molar-refractivity contribution is 5.98. The van der Waals surface area contributed by atoms with E-state index in [1.165, 1.54) is 5.57 Å². The molecule has 0 amide bonds. The maximum atomic E-state index is 12.4. The molecule has 0 N–H and O–H groups in total. The molecule has 4 aliphatic rings. The maximum absolute atomic E-state index is 12.4. The van der Waals surface area contributed by atoms with E-state index in [0.29, 0.717) is 35.9 Å². The number of hydrogen-bond acceptors (Lipinski definition) is 3. The van der Waals surface area contributed by atoms with Crippen LogP contribution in [-0.2, 0) is 14.4 Å². The lowest BCUT2D eigenvalue weighted by Gasteiger charge is -2.55. The Bertz CT molecular complexity index is 633. The van der Waals surface area contributed by atoms with E-state index in [2.05, 4.69) is 6.92 Å². The standard InChI is InChI=1S/C21H28O3/c1-13(23)21(12-22)10-8-19-18-5-3-14-11-15(24)4-6-16(14)17(18)7-9-20(19,21)2/h11-12,16-19H,3-10H2,1-2H3/t16-,17+,18+,19-,20-,21-/m0/s1. The van der Waals surface area contributed by atoms with Crippen molar-refractivity contribution in [3.8, 4) is 0 Å². The zero-order valence-electron chi connectivity index (χ0n) is 14.8. The van der Waals surface area contributed by atoms with Crippen molar-refractivity contribution in [2.45, 2.75) is 65.2 Å². The molecule has 0 aromatic carbocycles. The average molecular weight is 328 g/mol. The molecule has 4 rings (SSSR count). The third kappa shape index (κ3) is 1.93. The topological polar surface area (TPSA) is 51.2 Å². The third-order valence-corrected chi connectivity index (χ3v) is 8.39. The van der Waals surface area contributed by atoms with Crippen molar-refractivity contribution < 1.29 is 14.4 Å². The van der Waals surface area contributed by atoms with Crippen molar-refractivity contribution in [1.29, 1.82) is 0 Å². The Morgan fingerprint density at radius 1 is 1.12 bits per heavy atom. The average Bonchev–Trinajstić information content (AvgIpc) is 2.87. The van der Waals surface area contributed by atoms with Gasteiger partial charge in [0.05, 0.1) is 5.41 Å². The van der Waals surface area contributed by atoms with Crippen LogP contribution >= 0.6 is 0 Å². The molecule has 0 aromatic rings. The van der Waals surface area contributed by atoms with E-state index in [-0.39, 0.29) is 11.2 Å². The van der Waals surface area contributed by atoms with Crippen LogP contribution in [0.1, 0.15) is 65.2 Å². The molecular weight excluding hydrogens is 300 g/mol. The van der Waals surface area contributed by atoms with Gasteiger partial charge in [-0.1, -0.05) is 12.5 Å². The van der Waals surface area contributed by atoms with E-state index in [4.69, 9.17) is 0 Å². The number of ketones is 2. The van der Waals surface area contributed by atoms with E-state index in [9.17, 15) is 14.4 Å². The van der Waals surface area contributed by atoms with Gasteiger partial charge in [-0.3, -0.25) is 9.59 Å². The molecule has 6 atom stereocenters. The number of carbonyl (C=O) groups is 3. The monoisotopic (exact) mass is 328 g/mol. The molecule has 0 bridgehead atoms. The Labute approximate surface area is 144 Å². The number of rotatable bonds is 2. The first-order valence-electron chi connectivity index (χ1n) is 9.63. The van der Waals surface area contributed by atoms with Crippen molar-refractivity contribution in [1.82, 2.24) is 0 Å². The van der Waals surface area contributed by atoms with Gasteiger partial charge in [0.25, 0.3) is 0 Å². The molecule has 130 valence electrons. The van der Waals surface area contributed by atoms with Gasteiger partial charge in [0.15, 0.2) is 5.78 Å². The molecule has 0 unspecified atom stereocenters. The normalized spacial score (nSPS) is 47.2. The summed E-state index contributed by atoms with van der Waals surface area (Å²) in [7, 11) is 0. The van der Waals surface area contributed by atoms with Gasteiger partial charge in [-0.05, 0) is 87.0 Å². The van der Waals surface area contributed by atoms with Crippen LogP contribution in [0.3, 0.4) is 0 Å². The van der Waals surface area contributed by atoms with E-state index >= 15 is 0 Å². The summed E-state index contributed by atoms with van der Waals surface area (Å²) in [5.41, 5.74) is 0.483. The highest BCUT2D eigenvalue weighted by atomic mass is 16.1.